The van der Waals surface area contributed by atoms with Gasteiger partial charge in [0.25, 0.3) is 5.56 Å². The molecule has 0 aliphatic rings. The van der Waals surface area contributed by atoms with E-state index in [0.717, 1.165) is 16.7 Å². The van der Waals surface area contributed by atoms with Crippen molar-refractivity contribution in [2.75, 3.05) is 0 Å². The molecular formula is C22H15ClN2O. The lowest BCUT2D eigenvalue weighted by atomic mass is 10.00. The number of hydrogen-bond donors (Lipinski definition) is 0. The molecule has 0 saturated heterocycles. The van der Waals surface area contributed by atoms with Crippen LogP contribution in [0.4, 0.5) is 0 Å². The molecule has 0 aliphatic heterocycles. The number of aromatic nitrogens is 2. The summed E-state index contributed by atoms with van der Waals surface area (Å²) in [6, 6.07) is 28.3. The highest BCUT2D eigenvalue weighted by Gasteiger charge is 2.15. The highest BCUT2D eigenvalue weighted by Crippen LogP contribution is 2.33. The van der Waals surface area contributed by atoms with Gasteiger partial charge in [0.15, 0.2) is 0 Å². The first-order valence-corrected chi connectivity index (χ1v) is 8.62. The van der Waals surface area contributed by atoms with Crippen LogP contribution in [-0.2, 0) is 0 Å². The molecule has 0 spiro atoms. The fourth-order valence-corrected chi connectivity index (χ4v) is 3.13. The maximum absolute atomic E-state index is 12.7. The summed E-state index contributed by atoms with van der Waals surface area (Å²) in [5.74, 6) is 0. The molecular weight excluding hydrogens is 344 g/mol. The predicted molar refractivity (Wildman–Crippen MR) is 106 cm³/mol. The summed E-state index contributed by atoms with van der Waals surface area (Å²) in [5.41, 5.74) is 3.67. The lowest BCUT2D eigenvalue weighted by molar-refractivity contribution is 0.814. The van der Waals surface area contributed by atoms with E-state index >= 15 is 0 Å². The number of benzene rings is 3. The largest absolute Gasteiger partial charge is 0.272 e. The van der Waals surface area contributed by atoms with Crippen LogP contribution >= 0.6 is 11.6 Å². The van der Waals surface area contributed by atoms with Crippen molar-refractivity contribution >= 4 is 11.6 Å². The Morgan fingerprint density at radius 3 is 2.04 bits per heavy atom. The smallest absolute Gasteiger partial charge is 0.267 e. The summed E-state index contributed by atoms with van der Waals surface area (Å²) in [5, 5.41) is 5.26. The third kappa shape index (κ3) is 3.05. The third-order valence-electron chi connectivity index (χ3n) is 4.15. The quantitative estimate of drug-likeness (QED) is 0.503. The topological polar surface area (TPSA) is 34.9 Å². The summed E-state index contributed by atoms with van der Waals surface area (Å²) in [6.45, 7) is 0. The van der Waals surface area contributed by atoms with E-state index in [1.807, 2.05) is 84.9 Å². The van der Waals surface area contributed by atoms with Crippen molar-refractivity contribution in [3.63, 3.8) is 0 Å². The van der Waals surface area contributed by atoms with Crippen LogP contribution in [0.2, 0.25) is 5.02 Å². The number of nitrogens with zero attached hydrogens (tertiary/aromatic N) is 2. The van der Waals surface area contributed by atoms with E-state index in [1.165, 1.54) is 4.68 Å². The van der Waals surface area contributed by atoms with Crippen LogP contribution in [0.15, 0.2) is 95.8 Å². The zero-order valence-corrected chi connectivity index (χ0v) is 14.6. The first-order chi connectivity index (χ1) is 12.7. The summed E-state index contributed by atoms with van der Waals surface area (Å²) in [6.07, 6.45) is 0. The second kappa shape index (κ2) is 6.98. The average Bonchev–Trinajstić information content (AvgIpc) is 2.70. The lowest BCUT2D eigenvalue weighted by Crippen LogP contribution is -2.21. The third-order valence-corrected chi connectivity index (χ3v) is 4.48. The Morgan fingerprint density at radius 1 is 0.731 bits per heavy atom. The van der Waals surface area contributed by atoms with Gasteiger partial charge in [0.2, 0.25) is 0 Å². The van der Waals surface area contributed by atoms with E-state index in [9.17, 15) is 4.79 Å². The Labute approximate surface area is 156 Å². The van der Waals surface area contributed by atoms with E-state index < -0.39 is 0 Å². The number of rotatable bonds is 3. The van der Waals surface area contributed by atoms with Crippen molar-refractivity contribution in [1.29, 1.82) is 0 Å². The molecule has 4 heteroatoms. The Hall–Kier alpha value is -3.17. The molecule has 126 valence electrons. The molecule has 0 aliphatic carbocycles. The average molecular weight is 359 g/mol. The van der Waals surface area contributed by atoms with Gasteiger partial charge in [-0.05, 0) is 23.8 Å². The zero-order chi connectivity index (χ0) is 17.9. The van der Waals surface area contributed by atoms with E-state index in [1.54, 1.807) is 6.07 Å². The van der Waals surface area contributed by atoms with Crippen molar-refractivity contribution in [1.82, 2.24) is 9.78 Å². The van der Waals surface area contributed by atoms with E-state index in [2.05, 4.69) is 5.10 Å². The first kappa shape index (κ1) is 16.3. The van der Waals surface area contributed by atoms with Crippen molar-refractivity contribution < 1.29 is 0 Å². The standard InChI is InChI=1S/C22H15ClN2O/c23-20-14-8-7-13-18(20)22-19(16-9-3-1-4-10-16)15-21(26)25(24-22)17-11-5-2-6-12-17/h1-15H. The van der Waals surface area contributed by atoms with Gasteiger partial charge < -0.3 is 0 Å². The lowest BCUT2D eigenvalue weighted by Gasteiger charge is -2.13. The Balaban J connectivity index is 2.03. The molecule has 0 fully saturated rings. The van der Waals surface area contributed by atoms with Crippen molar-refractivity contribution in [3.05, 3.63) is 106 Å². The molecule has 0 bridgehead atoms. The molecule has 1 heterocycles. The minimum Gasteiger partial charge on any atom is -0.267 e. The van der Waals surface area contributed by atoms with Crippen molar-refractivity contribution in [2.24, 2.45) is 0 Å². The fourth-order valence-electron chi connectivity index (χ4n) is 2.90. The molecule has 0 atom stereocenters. The van der Waals surface area contributed by atoms with Gasteiger partial charge in [-0.15, -0.1) is 0 Å². The molecule has 0 saturated carbocycles. The van der Waals surface area contributed by atoms with E-state index in [-0.39, 0.29) is 5.56 Å². The summed E-state index contributed by atoms with van der Waals surface area (Å²) < 4.78 is 1.41. The van der Waals surface area contributed by atoms with Crippen LogP contribution in [0, 0.1) is 0 Å². The van der Waals surface area contributed by atoms with Crippen LogP contribution in [0.3, 0.4) is 0 Å². The van der Waals surface area contributed by atoms with Gasteiger partial charge in [-0.1, -0.05) is 78.3 Å². The van der Waals surface area contributed by atoms with Crippen LogP contribution < -0.4 is 5.56 Å². The molecule has 0 N–H and O–H groups in total. The molecule has 4 aromatic rings. The molecule has 4 rings (SSSR count). The van der Waals surface area contributed by atoms with Crippen LogP contribution in [0.5, 0.6) is 0 Å². The SMILES string of the molecule is O=c1cc(-c2ccccc2)c(-c2ccccc2Cl)nn1-c1ccccc1. The van der Waals surface area contributed by atoms with Crippen LogP contribution in [0.25, 0.3) is 28.1 Å². The van der Waals surface area contributed by atoms with Gasteiger partial charge in [0.1, 0.15) is 5.69 Å². The fraction of sp³-hybridized carbons (Fsp3) is 0. The maximum Gasteiger partial charge on any atom is 0.272 e. The molecule has 26 heavy (non-hydrogen) atoms. The number of hydrogen-bond acceptors (Lipinski definition) is 2. The molecule has 0 radical (unpaired) electrons. The summed E-state index contributed by atoms with van der Waals surface area (Å²) >= 11 is 6.43. The second-order valence-electron chi connectivity index (χ2n) is 5.84. The highest BCUT2D eigenvalue weighted by molar-refractivity contribution is 6.33. The molecule has 1 aromatic heterocycles. The number of para-hydroxylation sites is 1. The number of halogens is 1. The van der Waals surface area contributed by atoms with Gasteiger partial charge in [-0.25, -0.2) is 0 Å². The molecule has 0 unspecified atom stereocenters. The predicted octanol–water partition coefficient (Wildman–Crippen LogP) is 5.22. The minimum absolute atomic E-state index is 0.189. The Kier molecular flexibility index (Phi) is 4.38. The Morgan fingerprint density at radius 2 is 1.35 bits per heavy atom. The van der Waals surface area contributed by atoms with Crippen molar-refractivity contribution in [2.45, 2.75) is 0 Å². The van der Waals surface area contributed by atoms with Crippen LogP contribution in [-0.4, -0.2) is 9.78 Å². The molecule has 3 nitrogen and oxygen atoms in total. The molecule has 0 amide bonds. The van der Waals surface area contributed by atoms with E-state index in [0.29, 0.717) is 16.4 Å². The second-order valence-corrected chi connectivity index (χ2v) is 6.25. The summed E-state index contributed by atoms with van der Waals surface area (Å²) in [7, 11) is 0. The normalized spacial score (nSPS) is 10.7. The highest BCUT2D eigenvalue weighted by atomic mass is 35.5. The molecule has 3 aromatic carbocycles. The van der Waals surface area contributed by atoms with Crippen molar-refractivity contribution in [3.8, 4) is 28.1 Å². The zero-order valence-electron chi connectivity index (χ0n) is 13.8. The van der Waals surface area contributed by atoms with Crippen LogP contribution in [0.1, 0.15) is 0 Å². The van der Waals surface area contributed by atoms with Gasteiger partial charge in [0.05, 0.1) is 10.7 Å². The van der Waals surface area contributed by atoms with Gasteiger partial charge >= 0.3 is 0 Å². The van der Waals surface area contributed by atoms with Gasteiger partial charge in [0, 0.05) is 17.2 Å². The monoisotopic (exact) mass is 358 g/mol. The van der Waals surface area contributed by atoms with E-state index in [4.69, 9.17) is 11.6 Å². The minimum atomic E-state index is -0.189. The first-order valence-electron chi connectivity index (χ1n) is 8.24. The summed E-state index contributed by atoms with van der Waals surface area (Å²) in [4.78, 5) is 12.7. The Bertz CT molecular complexity index is 1110. The van der Waals surface area contributed by atoms with Gasteiger partial charge in [-0.2, -0.15) is 9.78 Å². The maximum atomic E-state index is 12.7. The van der Waals surface area contributed by atoms with Gasteiger partial charge in [-0.3, -0.25) is 4.79 Å².